The first-order valence-corrected chi connectivity index (χ1v) is 7.93. The minimum absolute atomic E-state index is 0.0178. The van der Waals surface area contributed by atoms with Crippen LogP contribution in [0, 0.1) is 0 Å². The molecule has 0 saturated carbocycles. The maximum absolute atomic E-state index is 11.8. The zero-order valence-corrected chi connectivity index (χ0v) is 13.7. The van der Waals surface area contributed by atoms with Crippen molar-refractivity contribution in [3.63, 3.8) is 0 Å². The van der Waals surface area contributed by atoms with E-state index in [1.165, 1.54) is 0 Å². The van der Waals surface area contributed by atoms with E-state index in [-0.39, 0.29) is 18.1 Å². The van der Waals surface area contributed by atoms with Crippen molar-refractivity contribution in [1.82, 2.24) is 10.6 Å². The third-order valence-electron chi connectivity index (χ3n) is 3.17. The molecule has 2 rings (SSSR count). The number of rotatable bonds is 6. The first-order valence-electron chi connectivity index (χ1n) is 7.13. The van der Waals surface area contributed by atoms with Crippen molar-refractivity contribution in [2.45, 2.75) is 25.5 Å². The van der Waals surface area contributed by atoms with E-state index >= 15 is 0 Å². The number of carbonyl (C=O) groups is 1. The van der Waals surface area contributed by atoms with Crippen LogP contribution in [0.5, 0.6) is 5.75 Å². The molecule has 116 valence electrons. The third-order valence-corrected chi connectivity index (χ3v) is 3.70. The predicted molar refractivity (Wildman–Crippen MR) is 84.5 cm³/mol. The van der Waals surface area contributed by atoms with Crippen molar-refractivity contribution in [2.75, 3.05) is 26.3 Å². The molecule has 1 aromatic carbocycles. The lowest BCUT2D eigenvalue weighted by atomic mass is 10.2. The van der Waals surface area contributed by atoms with E-state index in [0.717, 1.165) is 23.4 Å². The Hall–Kier alpha value is -1.11. The fourth-order valence-corrected chi connectivity index (χ4v) is 2.36. The molecule has 0 radical (unpaired) electrons. The lowest BCUT2D eigenvalue weighted by molar-refractivity contribution is -0.122. The first-order chi connectivity index (χ1) is 10.1. The number of nitrogens with one attached hydrogen (secondary N) is 2. The molecule has 1 heterocycles. The average Bonchev–Trinajstić information content (AvgIpc) is 2.49. The fraction of sp³-hybridized carbons (Fsp3) is 0.533. The van der Waals surface area contributed by atoms with Gasteiger partial charge in [0.25, 0.3) is 0 Å². The normalized spacial score (nSPS) is 19.8. The summed E-state index contributed by atoms with van der Waals surface area (Å²) in [6.07, 6.45) is 0.357. The summed E-state index contributed by atoms with van der Waals surface area (Å²) >= 11 is 3.38. The van der Waals surface area contributed by atoms with Crippen LogP contribution in [0.15, 0.2) is 28.7 Å². The summed E-state index contributed by atoms with van der Waals surface area (Å²) in [5, 5.41) is 6.15. The molecule has 0 bridgehead atoms. The average molecular weight is 357 g/mol. The highest BCUT2D eigenvalue weighted by atomic mass is 79.9. The maximum atomic E-state index is 11.8. The Balaban J connectivity index is 1.66. The molecule has 1 aliphatic heterocycles. The van der Waals surface area contributed by atoms with Gasteiger partial charge in [0.2, 0.25) is 5.91 Å². The maximum Gasteiger partial charge on any atom is 0.221 e. The van der Waals surface area contributed by atoms with E-state index in [2.05, 4.69) is 26.6 Å². The van der Waals surface area contributed by atoms with Crippen molar-refractivity contribution in [3.8, 4) is 5.75 Å². The van der Waals surface area contributed by atoms with Crippen LogP contribution in [0.25, 0.3) is 0 Å². The molecule has 0 spiro atoms. The Bertz CT molecular complexity index is 447. The molecule has 2 N–H and O–H groups in total. The van der Waals surface area contributed by atoms with Crippen LogP contribution in [0.3, 0.4) is 0 Å². The van der Waals surface area contributed by atoms with Crippen LogP contribution in [0.4, 0.5) is 0 Å². The van der Waals surface area contributed by atoms with Crippen LogP contribution in [0.2, 0.25) is 0 Å². The lowest BCUT2D eigenvalue weighted by Crippen LogP contribution is -2.45. The molecule has 6 heteroatoms. The largest absolute Gasteiger partial charge is 0.489 e. The second-order valence-corrected chi connectivity index (χ2v) is 6.03. The van der Waals surface area contributed by atoms with Crippen LogP contribution in [-0.2, 0) is 9.53 Å². The van der Waals surface area contributed by atoms with Gasteiger partial charge in [0.05, 0.1) is 19.8 Å². The summed E-state index contributed by atoms with van der Waals surface area (Å²) in [5.74, 6) is 0.812. The molecule has 0 aromatic heterocycles. The Morgan fingerprint density at radius 2 is 2.29 bits per heavy atom. The molecule has 21 heavy (non-hydrogen) atoms. The Morgan fingerprint density at radius 3 is 2.95 bits per heavy atom. The standard InChI is InChI=1S/C15H21BrN2O3/c1-11(21-14-4-2-12(16)3-5-14)9-18-15(19)8-13-10-20-7-6-17-13/h2-5,11,13,17H,6-10H2,1H3,(H,18,19). The smallest absolute Gasteiger partial charge is 0.221 e. The molecule has 1 saturated heterocycles. The lowest BCUT2D eigenvalue weighted by Gasteiger charge is -2.23. The highest BCUT2D eigenvalue weighted by Crippen LogP contribution is 2.17. The molecule has 0 aliphatic carbocycles. The van der Waals surface area contributed by atoms with Gasteiger partial charge in [-0.15, -0.1) is 0 Å². The van der Waals surface area contributed by atoms with Gasteiger partial charge in [0.1, 0.15) is 11.9 Å². The van der Waals surface area contributed by atoms with E-state index in [1.54, 1.807) is 0 Å². The Kier molecular flexibility index (Phi) is 6.48. The summed E-state index contributed by atoms with van der Waals surface area (Å²) < 4.78 is 12.1. The van der Waals surface area contributed by atoms with Gasteiger partial charge in [-0.3, -0.25) is 4.79 Å². The topological polar surface area (TPSA) is 59.6 Å². The van der Waals surface area contributed by atoms with Crippen molar-refractivity contribution >= 4 is 21.8 Å². The third kappa shape index (κ3) is 6.03. The highest BCUT2D eigenvalue weighted by molar-refractivity contribution is 9.10. The van der Waals surface area contributed by atoms with Gasteiger partial charge in [0, 0.05) is 23.5 Å². The SMILES string of the molecule is CC(CNC(=O)CC1COCCN1)Oc1ccc(Br)cc1. The van der Waals surface area contributed by atoms with Crippen LogP contribution in [0.1, 0.15) is 13.3 Å². The highest BCUT2D eigenvalue weighted by Gasteiger charge is 2.17. The number of amides is 1. The van der Waals surface area contributed by atoms with Crippen molar-refractivity contribution in [1.29, 1.82) is 0 Å². The second kappa shape index (κ2) is 8.36. The van der Waals surface area contributed by atoms with E-state index in [0.29, 0.717) is 19.6 Å². The van der Waals surface area contributed by atoms with E-state index in [9.17, 15) is 4.79 Å². The number of morpholine rings is 1. The summed E-state index contributed by atoms with van der Waals surface area (Å²) in [6, 6.07) is 7.75. The minimum atomic E-state index is -0.0781. The quantitative estimate of drug-likeness (QED) is 0.814. The fourth-order valence-electron chi connectivity index (χ4n) is 2.09. The zero-order valence-electron chi connectivity index (χ0n) is 12.1. The van der Waals surface area contributed by atoms with Gasteiger partial charge < -0.3 is 20.1 Å². The molecule has 1 aliphatic rings. The first kappa shape index (κ1) is 16.3. The van der Waals surface area contributed by atoms with Gasteiger partial charge in [-0.25, -0.2) is 0 Å². The van der Waals surface area contributed by atoms with E-state index < -0.39 is 0 Å². The molecule has 1 amide bonds. The van der Waals surface area contributed by atoms with Crippen LogP contribution in [-0.4, -0.2) is 44.4 Å². The summed E-state index contributed by atoms with van der Waals surface area (Å²) in [6.45, 7) is 4.54. The zero-order chi connectivity index (χ0) is 15.1. The number of halogens is 1. The van der Waals surface area contributed by atoms with Crippen LogP contribution >= 0.6 is 15.9 Å². The molecule has 1 aromatic rings. The monoisotopic (exact) mass is 356 g/mol. The summed E-state index contributed by atoms with van der Waals surface area (Å²) in [5.41, 5.74) is 0. The summed E-state index contributed by atoms with van der Waals surface area (Å²) in [7, 11) is 0. The molecular formula is C15H21BrN2O3. The number of hydrogen-bond donors (Lipinski definition) is 2. The van der Waals surface area contributed by atoms with Crippen molar-refractivity contribution in [3.05, 3.63) is 28.7 Å². The summed E-state index contributed by atoms with van der Waals surface area (Å²) in [4.78, 5) is 11.8. The van der Waals surface area contributed by atoms with Gasteiger partial charge in [-0.1, -0.05) is 15.9 Å². The molecule has 2 unspecified atom stereocenters. The molecular weight excluding hydrogens is 336 g/mol. The van der Waals surface area contributed by atoms with Crippen molar-refractivity contribution in [2.24, 2.45) is 0 Å². The second-order valence-electron chi connectivity index (χ2n) is 5.12. The predicted octanol–water partition coefficient (Wildman–Crippen LogP) is 1.71. The van der Waals surface area contributed by atoms with E-state index in [1.807, 2.05) is 31.2 Å². The van der Waals surface area contributed by atoms with E-state index in [4.69, 9.17) is 9.47 Å². The van der Waals surface area contributed by atoms with Gasteiger partial charge in [-0.05, 0) is 31.2 Å². The van der Waals surface area contributed by atoms with Crippen LogP contribution < -0.4 is 15.4 Å². The Morgan fingerprint density at radius 1 is 1.52 bits per heavy atom. The minimum Gasteiger partial charge on any atom is -0.489 e. The number of hydrogen-bond acceptors (Lipinski definition) is 4. The van der Waals surface area contributed by atoms with Gasteiger partial charge in [-0.2, -0.15) is 0 Å². The van der Waals surface area contributed by atoms with Gasteiger partial charge in [0.15, 0.2) is 0 Å². The molecule has 2 atom stereocenters. The Labute approximate surface area is 133 Å². The molecule has 5 nitrogen and oxygen atoms in total. The molecule has 1 fully saturated rings. The number of benzene rings is 1. The van der Waals surface area contributed by atoms with Crippen molar-refractivity contribution < 1.29 is 14.3 Å². The number of carbonyl (C=O) groups excluding carboxylic acids is 1. The number of ether oxygens (including phenoxy) is 2. The van der Waals surface area contributed by atoms with Gasteiger partial charge >= 0.3 is 0 Å².